The van der Waals surface area contributed by atoms with Crippen LogP contribution >= 0.6 is 11.6 Å². The minimum absolute atomic E-state index is 0.274. The second-order valence-electron chi connectivity index (χ2n) is 3.40. The summed E-state index contributed by atoms with van der Waals surface area (Å²) in [7, 11) is 1.52. The number of hydrogen-bond donors (Lipinski definition) is 3. The average molecular weight is 268 g/mol. The Kier molecular flexibility index (Phi) is 5.20. The number of rotatable bonds is 4. The Hall–Kier alpha value is -2.01. The monoisotopic (exact) mass is 267 g/mol. The number of halogens is 1. The molecule has 0 radical (unpaired) electrons. The van der Waals surface area contributed by atoms with Crippen LogP contribution in [0.25, 0.3) is 0 Å². The summed E-state index contributed by atoms with van der Waals surface area (Å²) in [4.78, 5) is 22.8. The number of anilines is 1. The van der Waals surface area contributed by atoms with Crippen LogP contribution in [0.5, 0.6) is 0 Å². The van der Waals surface area contributed by atoms with Gasteiger partial charge in [-0.1, -0.05) is 17.7 Å². The van der Waals surface area contributed by atoms with Crippen molar-refractivity contribution in [2.45, 2.75) is 0 Å². The molecule has 96 valence electrons. The first-order chi connectivity index (χ1) is 8.58. The van der Waals surface area contributed by atoms with Crippen LogP contribution in [0.1, 0.15) is 10.4 Å². The molecular weight excluding hydrogens is 254 g/mol. The molecule has 0 heterocycles. The zero-order chi connectivity index (χ0) is 13.5. The summed E-state index contributed by atoms with van der Waals surface area (Å²) in [6.45, 7) is 3.86. The van der Waals surface area contributed by atoms with Gasteiger partial charge < -0.3 is 16.0 Å². The lowest BCUT2D eigenvalue weighted by molar-refractivity contribution is 0.0963. The number of nitrogens with one attached hydrogen (secondary N) is 3. The Balaban J connectivity index is 2.75. The molecule has 0 spiro atoms. The summed E-state index contributed by atoms with van der Waals surface area (Å²) in [5.41, 5.74) is 0.866. The van der Waals surface area contributed by atoms with Crippen LogP contribution in [0.15, 0.2) is 30.9 Å². The van der Waals surface area contributed by atoms with E-state index in [1.807, 2.05) is 0 Å². The van der Waals surface area contributed by atoms with Gasteiger partial charge in [0.2, 0.25) is 0 Å². The van der Waals surface area contributed by atoms with Crippen LogP contribution in [0.3, 0.4) is 0 Å². The molecule has 0 aliphatic heterocycles. The minimum atomic E-state index is -0.362. The van der Waals surface area contributed by atoms with Crippen molar-refractivity contribution in [1.29, 1.82) is 0 Å². The maximum absolute atomic E-state index is 11.4. The van der Waals surface area contributed by atoms with Gasteiger partial charge in [-0.2, -0.15) is 0 Å². The van der Waals surface area contributed by atoms with E-state index in [9.17, 15) is 9.59 Å². The van der Waals surface area contributed by atoms with Crippen LogP contribution in [0.2, 0.25) is 5.02 Å². The Morgan fingerprint density at radius 2 is 2.17 bits per heavy atom. The van der Waals surface area contributed by atoms with Gasteiger partial charge in [0.1, 0.15) is 0 Å². The summed E-state index contributed by atoms with van der Waals surface area (Å²) in [5.74, 6) is -0.275. The van der Waals surface area contributed by atoms with E-state index >= 15 is 0 Å². The fourth-order valence-corrected chi connectivity index (χ4v) is 1.52. The fraction of sp³-hybridized carbons (Fsp3) is 0.167. The molecule has 0 fully saturated rings. The van der Waals surface area contributed by atoms with Crippen molar-refractivity contribution in [3.8, 4) is 0 Å². The number of carbonyl (C=O) groups excluding carboxylic acids is 2. The van der Waals surface area contributed by atoms with Gasteiger partial charge in [0.15, 0.2) is 0 Å². The van der Waals surface area contributed by atoms with Crippen molar-refractivity contribution >= 4 is 29.2 Å². The highest BCUT2D eigenvalue weighted by Crippen LogP contribution is 2.20. The lowest BCUT2D eigenvalue weighted by Gasteiger charge is -2.08. The van der Waals surface area contributed by atoms with Crippen molar-refractivity contribution in [1.82, 2.24) is 10.6 Å². The normalized spacial score (nSPS) is 9.44. The molecule has 0 aliphatic carbocycles. The molecule has 0 atom stereocenters. The smallest absolute Gasteiger partial charge is 0.319 e. The van der Waals surface area contributed by atoms with Crippen molar-refractivity contribution < 1.29 is 9.59 Å². The third-order valence-electron chi connectivity index (χ3n) is 2.11. The highest BCUT2D eigenvalue weighted by Gasteiger charge is 2.09. The fourth-order valence-electron chi connectivity index (χ4n) is 1.25. The molecule has 0 aromatic heterocycles. The lowest BCUT2D eigenvalue weighted by atomic mass is 10.2. The van der Waals surface area contributed by atoms with Crippen molar-refractivity contribution in [3.63, 3.8) is 0 Å². The zero-order valence-corrected chi connectivity index (χ0v) is 10.7. The van der Waals surface area contributed by atoms with Crippen molar-refractivity contribution in [2.75, 3.05) is 18.9 Å². The standard InChI is InChI=1S/C12H14ClN3O2/c1-3-6-15-12(18)16-8-4-5-9(10(13)7-8)11(17)14-2/h3-5,7H,1,6H2,2H3,(H,14,17)(H2,15,16,18). The quantitative estimate of drug-likeness (QED) is 0.731. The average Bonchev–Trinajstić information content (AvgIpc) is 2.35. The maximum atomic E-state index is 11.4. The van der Waals surface area contributed by atoms with Gasteiger partial charge in [0, 0.05) is 19.3 Å². The maximum Gasteiger partial charge on any atom is 0.319 e. The van der Waals surface area contributed by atoms with Gasteiger partial charge in [-0.3, -0.25) is 4.79 Å². The van der Waals surface area contributed by atoms with Crippen LogP contribution in [0.4, 0.5) is 10.5 Å². The van der Waals surface area contributed by atoms with E-state index in [4.69, 9.17) is 11.6 Å². The number of hydrogen-bond acceptors (Lipinski definition) is 2. The van der Waals surface area contributed by atoms with Gasteiger partial charge >= 0.3 is 6.03 Å². The second kappa shape index (κ2) is 6.66. The van der Waals surface area contributed by atoms with Gasteiger partial charge in [0.05, 0.1) is 10.6 Å². The van der Waals surface area contributed by atoms with E-state index in [2.05, 4.69) is 22.5 Å². The van der Waals surface area contributed by atoms with Crippen molar-refractivity contribution in [2.24, 2.45) is 0 Å². The van der Waals surface area contributed by atoms with E-state index in [1.54, 1.807) is 18.2 Å². The minimum Gasteiger partial charge on any atom is -0.355 e. The zero-order valence-electron chi connectivity index (χ0n) is 9.92. The second-order valence-corrected chi connectivity index (χ2v) is 3.80. The molecule has 3 amide bonds. The third-order valence-corrected chi connectivity index (χ3v) is 2.42. The number of carbonyl (C=O) groups is 2. The Morgan fingerprint density at radius 3 is 2.72 bits per heavy atom. The highest BCUT2D eigenvalue weighted by molar-refractivity contribution is 6.34. The van der Waals surface area contributed by atoms with Crippen LogP contribution < -0.4 is 16.0 Å². The molecule has 1 aromatic rings. The van der Waals surface area contributed by atoms with Gasteiger partial charge in [-0.15, -0.1) is 6.58 Å². The molecule has 1 aromatic carbocycles. The Labute approximate surface area is 110 Å². The van der Waals surface area contributed by atoms with E-state index < -0.39 is 0 Å². The molecule has 1 rings (SSSR count). The summed E-state index contributed by atoms with van der Waals surface area (Å²) in [6, 6.07) is 4.30. The van der Waals surface area contributed by atoms with Crippen molar-refractivity contribution in [3.05, 3.63) is 41.4 Å². The summed E-state index contributed by atoms with van der Waals surface area (Å²) < 4.78 is 0. The van der Waals surface area contributed by atoms with Gasteiger partial charge in [-0.25, -0.2) is 4.79 Å². The lowest BCUT2D eigenvalue weighted by Crippen LogP contribution is -2.28. The molecule has 0 saturated heterocycles. The van der Waals surface area contributed by atoms with E-state index in [0.717, 1.165) is 0 Å². The van der Waals surface area contributed by atoms with Crippen LogP contribution in [-0.4, -0.2) is 25.5 Å². The first-order valence-electron chi connectivity index (χ1n) is 5.26. The van der Waals surface area contributed by atoms with Crippen LogP contribution in [0, 0.1) is 0 Å². The topological polar surface area (TPSA) is 70.2 Å². The molecule has 3 N–H and O–H groups in total. The Morgan fingerprint density at radius 1 is 1.44 bits per heavy atom. The van der Waals surface area contributed by atoms with Gasteiger partial charge in [0.25, 0.3) is 5.91 Å². The van der Waals surface area contributed by atoms with E-state index in [0.29, 0.717) is 17.8 Å². The number of urea groups is 1. The molecule has 6 heteroatoms. The van der Waals surface area contributed by atoms with E-state index in [1.165, 1.54) is 13.1 Å². The number of benzene rings is 1. The first-order valence-corrected chi connectivity index (χ1v) is 5.63. The molecule has 0 unspecified atom stereocenters. The SMILES string of the molecule is C=CCNC(=O)Nc1ccc(C(=O)NC)c(Cl)c1. The highest BCUT2D eigenvalue weighted by atomic mass is 35.5. The largest absolute Gasteiger partial charge is 0.355 e. The molecule has 5 nitrogen and oxygen atoms in total. The van der Waals surface area contributed by atoms with E-state index in [-0.39, 0.29) is 17.0 Å². The predicted octanol–water partition coefficient (Wildman–Crippen LogP) is 2.01. The summed E-state index contributed by atoms with van der Waals surface area (Å²) >= 11 is 5.94. The number of amides is 3. The van der Waals surface area contributed by atoms with Gasteiger partial charge in [-0.05, 0) is 18.2 Å². The molecule has 18 heavy (non-hydrogen) atoms. The summed E-state index contributed by atoms with van der Waals surface area (Å²) in [5, 5.41) is 7.90. The molecule has 0 bridgehead atoms. The predicted molar refractivity (Wildman–Crippen MR) is 72.1 cm³/mol. The molecule has 0 aliphatic rings. The third kappa shape index (κ3) is 3.78. The molecular formula is C12H14ClN3O2. The summed E-state index contributed by atoms with van der Waals surface area (Å²) in [6.07, 6.45) is 1.57. The first kappa shape index (κ1) is 14.1. The van der Waals surface area contributed by atoms with Crippen LogP contribution in [-0.2, 0) is 0 Å². The Bertz CT molecular complexity index is 474. The molecule has 0 saturated carbocycles.